The standard InChI is InChI=1S/C15H10N3O2/c1-10-8-11(16-2)9-13-14(10)20-15(19)18(17-13)12-6-4-3-5-7-12/h3-9H,1H3/q+1. The molecule has 0 atom stereocenters. The van der Waals surface area contributed by atoms with Gasteiger partial charge in [-0.15, -0.1) is 0 Å². The smallest absolute Gasteiger partial charge is 0.368 e. The molecule has 0 spiro atoms. The van der Waals surface area contributed by atoms with Crippen LogP contribution in [0.3, 0.4) is 0 Å². The molecule has 0 saturated carbocycles. The highest BCUT2D eigenvalue weighted by molar-refractivity contribution is 5.79. The maximum absolute atomic E-state index is 12.0. The van der Waals surface area contributed by atoms with Gasteiger partial charge in [0.1, 0.15) is 0 Å². The molecule has 0 aliphatic carbocycles. The van der Waals surface area contributed by atoms with Crippen molar-refractivity contribution in [3.8, 4) is 5.69 Å². The van der Waals surface area contributed by atoms with Crippen LogP contribution < -0.4 is 10.4 Å². The highest BCUT2D eigenvalue weighted by atomic mass is 16.4. The number of nitrogens with zero attached hydrogens (tertiary/aromatic N) is 3. The van der Waals surface area contributed by atoms with Crippen LogP contribution in [0.1, 0.15) is 5.56 Å². The second kappa shape index (κ2) is 4.59. The van der Waals surface area contributed by atoms with E-state index in [0.29, 0.717) is 22.5 Å². The lowest BCUT2D eigenvalue weighted by Gasteiger charge is -1.99. The minimum Gasteiger partial charge on any atom is -0.368 e. The molecular weight excluding hydrogens is 254 g/mol. The Morgan fingerprint density at radius 3 is 2.70 bits per heavy atom. The Hall–Kier alpha value is -3.00. The molecule has 0 fully saturated rings. The van der Waals surface area contributed by atoms with Gasteiger partial charge in [-0.25, -0.2) is 4.85 Å². The molecule has 0 N–H and O–H groups in total. The fourth-order valence-corrected chi connectivity index (χ4v) is 2.02. The Morgan fingerprint density at radius 2 is 2.00 bits per heavy atom. The van der Waals surface area contributed by atoms with E-state index in [9.17, 15) is 4.79 Å². The van der Waals surface area contributed by atoms with E-state index in [4.69, 9.17) is 11.0 Å². The number of hydrogen-bond acceptors (Lipinski definition) is 3. The van der Waals surface area contributed by atoms with Crippen molar-refractivity contribution in [2.45, 2.75) is 6.92 Å². The van der Waals surface area contributed by atoms with Gasteiger partial charge >= 0.3 is 5.76 Å². The number of para-hydroxylation sites is 1. The van der Waals surface area contributed by atoms with Crippen LogP contribution in [0.15, 0.2) is 51.7 Å². The first-order valence-corrected chi connectivity index (χ1v) is 6.00. The number of benzene rings is 2. The van der Waals surface area contributed by atoms with Crippen molar-refractivity contribution in [1.29, 1.82) is 0 Å². The lowest BCUT2D eigenvalue weighted by Crippen LogP contribution is -2.50. The number of aromatic nitrogens is 2. The monoisotopic (exact) mass is 264 g/mol. The Morgan fingerprint density at radius 1 is 1.25 bits per heavy atom. The van der Waals surface area contributed by atoms with E-state index < -0.39 is 5.76 Å². The van der Waals surface area contributed by atoms with E-state index in [1.165, 1.54) is 4.68 Å². The quantitative estimate of drug-likeness (QED) is 0.500. The van der Waals surface area contributed by atoms with Crippen LogP contribution in [0.5, 0.6) is 0 Å². The summed E-state index contributed by atoms with van der Waals surface area (Å²) in [6.07, 6.45) is 0. The molecule has 0 unspecified atom stereocenters. The zero-order valence-corrected chi connectivity index (χ0v) is 10.7. The average molecular weight is 264 g/mol. The van der Waals surface area contributed by atoms with E-state index in [1.54, 1.807) is 31.2 Å². The second-order valence-electron chi connectivity index (χ2n) is 4.34. The van der Waals surface area contributed by atoms with Crippen LogP contribution in [0.25, 0.3) is 21.6 Å². The fourth-order valence-electron chi connectivity index (χ4n) is 2.02. The molecule has 96 valence electrons. The molecule has 1 heterocycles. The van der Waals surface area contributed by atoms with Crippen LogP contribution >= 0.6 is 0 Å². The van der Waals surface area contributed by atoms with Gasteiger partial charge in [0.2, 0.25) is 5.69 Å². The van der Waals surface area contributed by atoms with Crippen molar-refractivity contribution in [2.24, 2.45) is 0 Å². The van der Waals surface area contributed by atoms with Gasteiger partial charge in [0.05, 0.1) is 6.57 Å². The van der Waals surface area contributed by atoms with E-state index in [0.717, 1.165) is 5.56 Å². The van der Waals surface area contributed by atoms with Gasteiger partial charge in [0.15, 0.2) is 16.8 Å². The normalized spacial score (nSPS) is 10.4. The topological polar surface area (TPSA) is 51.3 Å². The van der Waals surface area contributed by atoms with E-state index in [-0.39, 0.29) is 0 Å². The number of aryl methyl sites for hydroxylation is 1. The number of fused-ring (bicyclic) bond motifs is 1. The largest absolute Gasteiger partial charge is 0.634 e. The molecule has 5 heteroatoms. The number of rotatable bonds is 1. The van der Waals surface area contributed by atoms with E-state index in [1.807, 2.05) is 18.2 Å². The summed E-state index contributed by atoms with van der Waals surface area (Å²) >= 11 is 0. The molecule has 3 aromatic rings. The minimum absolute atomic E-state index is 0.412. The zero-order valence-electron chi connectivity index (χ0n) is 10.7. The van der Waals surface area contributed by atoms with Crippen molar-refractivity contribution >= 4 is 16.8 Å². The molecule has 0 radical (unpaired) electrons. The first kappa shape index (κ1) is 12.1. The maximum atomic E-state index is 12.0. The van der Waals surface area contributed by atoms with Gasteiger partial charge in [-0.2, -0.15) is 4.79 Å². The predicted molar refractivity (Wildman–Crippen MR) is 72.8 cm³/mol. The third-order valence-electron chi connectivity index (χ3n) is 2.94. The Bertz CT molecular complexity index is 893. The maximum Gasteiger partial charge on any atom is 0.634 e. The summed E-state index contributed by atoms with van der Waals surface area (Å²) in [5, 5.41) is 4.28. The molecular formula is C15H10N3O2+. The molecule has 1 aromatic heterocycles. The number of hydrogen-bond donors (Lipinski definition) is 0. The van der Waals surface area contributed by atoms with Crippen LogP contribution in [-0.4, -0.2) is 5.10 Å². The zero-order chi connectivity index (χ0) is 14.1. The fraction of sp³-hybridized carbons (Fsp3) is 0.0667. The SMILES string of the molecule is [C-]#[N+]c1cc(C)c2oc(=O)[n+](-c3ccccc3)nc2c1. The molecule has 5 nitrogen and oxygen atoms in total. The van der Waals surface area contributed by atoms with Crippen LogP contribution in [0.2, 0.25) is 0 Å². The summed E-state index contributed by atoms with van der Waals surface area (Å²) in [5.41, 5.74) is 2.71. The first-order chi connectivity index (χ1) is 9.69. The molecule has 3 rings (SSSR count). The highest BCUT2D eigenvalue weighted by Crippen LogP contribution is 2.22. The van der Waals surface area contributed by atoms with Gasteiger partial charge in [0, 0.05) is 21.9 Å². The third kappa shape index (κ3) is 1.93. The van der Waals surface area contributed by atoms with Crippen molar-refractivity contribution in [3.63, 3.8) is 0 Å². The van der Waals surface area contributed by atoms with Gasteiger partial charge in [0.25, 0.3) is 0 Å². The molecule has 0 saturated heterocycles. The summed E-state index contributed by atoms with van der Waals surface area (Å²) in [7, 11) is 0. The van der Waals surface area contributed by atoms with Crippen molar-refractivity contribution in [2.75, 3.05) is 0 Å². The highest BCUT2D eigenvalue weighted by Gasteiger charge is 2.19. The predicted octanol–water partition coefficient (Wildman–Crippen LogP) is 2.32. The summed E-state index contributed by atoms with van der Waals surface area (Å²) in [5.74, 6) is -0.553. The van der Waals surface area contributed by atoms with Crippen molar-refractivity contribution in [1.82, 2.24) is 5.10 Å². The summed E-state index contributed by atoms with van der Waals surface area (Å²) in [6.45, 7) is 8.86. The van der Waals surface area contributed by atoms with Gasteiger partial charge < -0.3 is 4.42 Å². The molecule has 0 aliphatic rings. The van der Waals surface area contributed by atoms with E-state index in [2.05, 4.69) is 9.94 Å². The average Bonchev–Trinajstić information content (AvgIpc) is 2.48. The molecule has 20 heavy (non-hydrogen) atoms. The lowest BCUT2D eigenvalue weighted by molar-refractivity contribution is -0.683. The van der Waals surface area contributed by atoms with E-state index >= 15 is 0 Å². The van der Waals surface area contributed by atoms with Crippen LogP contribution in [-0.2, 0) is 0 Å². The van der Waals surface area contributed by atoms with Gasteiger partial charge in [-0.3, -0.25) is 0 Å². The van der Waals surface area contributed by atoms with Crippen molar-refractivity contribution < 1.29 is 9.10 Å². The molecule has 2 aromatic carbocycles. The van der Waals surface area contributed by atoms with Crippen molar-refractivity contribution in [3.05, 3.63) is 70.0 Å². The lowest BCUT2D eigenvalue weighted by atomic mass is 10.2. The minimum atomic E-state index is -0.553. The third-order valence-corrected chi connectivity index (χ3v) is 2.94. The Labute approximate surface area is 114 Å². The summed E-state index contributed by atoms with van der Waals surface area (Å²) in [6, 6.07) is 12.3. The molecule has 0 amide bonds. The van der Waals surface area contributed by atoms with Gasteiger partial charge in [-0.1, -0.05) is 18.2 Å². The van der Waals surface area contributed by atoms with Crippen LogP contribution in [0.4, 0.5) is 5.69 Å². The van der Waals surface area contributed by atoms with Gasteiger partial charge in [-0.05, 0) is 24.6 Å². The Balaban J connectivity index is 2.34. The summed E-state index contributed by atoms with van der Waals surface area (Å²) < 4.78 is 6.51. The first-order valence-electron chi connectivity index (χ1n) is 6.00. The summed E-state index contributed by atoms with van der Waals surface area (Å²) in [4.78, 5) is 15.4. The molecule has 0 bridgehead atoms. The Kier molecular flexibility index (Phi) is 2.77. The second-order valence-corrected chi connectivity index (χ2v) is 4.34. The molecule has 0 aliphatic heterocycles. The van der Waals surface area contributed by atoms with Crippen LogP contribution in [0, 0.1) is 13.5 Å².